The lowest BCUT2D eigenvalue weighted by Gasteiger charge is -2.03. The maximum atomic E-state index is 12.3. The maximum absolute atomic E-state index is 12.3. The molecule has 0 bridgehead atoms. The van der Waals surface area contributed by atoms with Crippen LogP contribution in [-0.2, 0) is 0 Å². The average Bonchev–Trinajstić information content (AvgIpc) is 2.08. The molecule has 0 aliphatic carbocycles. The standard InChI is InChI=1S/C6H4BrF2N3O2/c7-5-2(10)1-3(12(13)14)4(11-5)6(8)9/h1,6H,10H2. The van der Waals surface area contributed by atoms with Gasteiger partial charge in [0.15, 0.2) is 5.69 Å². The first-order valence-electron chi connectivity index (χ1n) is 3.32. The molecular weight excluding hydrogens is 264 g/mol. The van der Waals surface area contributed by atoms with Crippen LogP contribution in [0.3, 0.4) is 0 Å². The molecule has 1 aromatic heterocycles. The minimum atomic E-state index is -3.01. The van der Waals surface area contributed by atoms with E-state index in [1.54, 1.807) is 0 Å². The van der Waals surface area contributed by atoms with Gasteiger partial charge in [-0.1, -0.05) is 0 Å². The lowest BCUT2D eigenvalue weighted by atomic mass is 10.3. The van der Waals surface area contributed by atoms with E-state index < -0.39 is 22.7 Å². The predicted octanol–water partition coefficient (Wildman–Crippen LogP) is 2.27. The number of anilines is 1. The molecule has 5 nitrogen and oxygen atoms in total. The number of nitrogens with two attached hydrogens (primary N) is 1. The molecule has 1 aromatic rings. The summed E-state index contributed by atoms with van der Waals surface area (Å²) in [5.41, 5.74) is 3.54. The number of pyridine rings is 1. The van der Waals surface area contributed by atoms with Crippen LogP contribution in [0.4, 0.5) is 20.2 Å². The molecule has 1 heterocycles. The van der Waals surface area contributed by atoms with E-state index in [9.17, 15) is 18.9 Å². The summed E-state index contributed by atoms with van der Waals surface area (Å²) in [7, 11) is 0. The molecule has 0 amide bonds. The highest BCUT2D eigenvalue weighted by Gasteiger charge is 2.25. The summed E-state index contributed by atoms with van der Waals surface area (Å²) >= 11 is 2.81. The lowest BCUT2D eigenvalue weighted by molar-refractivity contribution is -0.386. The molecule has 0 fully saturated rings. The van der Waals surface area contributed by atoms with Crippen molar-refractivity contribution in [3.8, 4) is 0 Å². The maximum Gasteiger partial charge on any atom is 0.298 e. The number of nitro groups is 1. The molecule has 0 saturated carbocycles. The first kappa shape index (κ1) is 10.8. The van der Waals surface area contributed by atoms with Crippen molar-refractivity contribution in [2.45, 2.75) is 6.43 Å². The number of nitrogens with zero attached hydrogens (tertiary/aromatic N) is 2. The van der Waals surface area contributed by atoms with Crippen LogP contribution in [0.25, 0.3) is 0 Å². The predicted molar refractivity (Wildman–Crippen MR) is 48.0 cm³/mol. The number of nitrogen functional groups attached to an aromatic ring is 1. The molecule has 1 rings (SSSR count). The van der Waals surface area contributed by atoms with Gasteiger partial charge in [-0.3, -0.25) is 10.1 Å². The molecule has 14 heavy (non-hydrogen) atoms. The van der Waals surface area contributed by atoms with Crippen LogP contribution in [0.5, 0.6) is 0 Å². The number of alkyl halides is 2. The largest absolute Gasteiger partial charge is 0.396 e. The first-order valence-corrected chi connectivity index (χ1v) is 4.11. The normalized spacial score (nSPS) is 10.6. The third-order valence-corrected chi connectivity index (χ3v) is 2.05. The van der Waals surface area contributed by atoms with Crippen molar-refractivity contribution in [2.75, 3.05) is 5.73 Å². The van der Waals surface area contributed by atoms with Crippen LogP contribution >= 0.6 is 15.9 Å². The number of aromatic nitrogens is 1. The van der Waals surface area contributed by atoms with Gasteiger partial charge in [0.2, 0.25) is 0 Å². The van der Waals surface area contributed by atoms with Crippen LogP contribution in [0.1, 0.15) is 12.1 Å². The smallest absolute Gasteiger partial charge is 0.298 e. The SMILES string of the molecule is Nc1cc([N+](=O)[O-])c(C(F)F)nc1Br. The Morgan fingerprint density at radius 2 is 2.21 bits per heavy atom. The van der Waals surface area contributed by atoms with Gasteiger partial charge in [0.05, 0.1) is 10.6 Å². The van der Waals surface area contributed by atoms with Gasteiger partial charge in [0.1, 0.15) is 4.60 Å². The highest BCUT2D eigenvalue weighted by atomic mass is 79.9. The summed E-state index contributed by atoms with van der Waals surface area (Å²) in [5, 5.41) is 10.4. The molecular formula is C6H4BrF2N3O2. The van der Waals surface area contributed by atoms with Crippen molar-refractivity contribution in [2.24, 2.45) is 0 Å². The van der Waals surface area contributed by atoms with Crippen LogP contribution in [-0.4, -0.2) is 9.91 Å². The number of rotatable bonds is 2. The number of hydrogen-bond donors (Lipinski definition) is 1. The second kappa shape index (κ2) is 3.82. The Morgan fingerprint density at radius 3 is 2.64 bits per heavy atom. The molecule has 0 aromatic carbocycles. The van der Waals surface area contributed by atoms with Gasteiger partial charge in [0, 0.05) is 6.07 Å². The summed E-state index contributed by atoms with van der Waals surface area (Å²) in [5.74, 6) is 0. The second-order valence-electron chi connectivity index (χ2n) is 2.33. The Hall–Kier alpha value is -1.31. The molecule has 0 aliphatic rings. The van der Waals surface area contributed by atoms with E-state index in [1.165, 1.54) is 0 Å². The highest BCUT2D eigenvalue weighted by Crippen LogP contribution is 2.31. The molecule has 0 atom stereocenters. The molecule has 0 saturated heterocycles. The third kappa shape index (κ3) is 1.95. The minimum absolute atomic E-state index is 0.0293. The van der Waals surface area contributed by atoms with E-state index in [0.717, 1.165) is 6.07 Å². The Morgan fingerprint density at radius 1 is 1.64 bits per heavy atom. The lowest BCUT2D eigenvalue weighted by Crippen LogP contribution is -2.02. The van der Waals surface area contributed by atoms with Crippen LogP contribution in [0.15, 0.2) is 10.7 Å². The zero-order valence-electron chi connectivity index (χ0n) is 6.58. The number of hydrogen-bond acceptors (Lipinski definition) is 4. The summed E-state index contributed by atoms with van der Waals surface area (Å²) in [6.45, 7) is 0. The van der Waals surface area contributed by atoms with E-state index in [0.29, 0.717) is 0 Å². The van der Waals surface area contributed by atoms with E-state index in [-0.39, 0.29) is 10.3 Å². The van der Waals surface area contributed by atoms with Gasteiger partial charge in [-0.2, -0.15) is 0 Å². The highest BCUT2D eigenvalue weighted by molar-refractivity contribution is 9.10. The van der Waals surface area contributed by atoms with Gasteiger partial charge in [-0.25, -0.2) is 13.8 Å². The van der Waals surface area contributed by atoms with Crippen molar-refractivity contribution in [1.82, 2.24) is 4.98 Å². The number of halogens is 3. The van der Waals surface area contributed by atoms with Crippen molar-refractivity contribution < 1.29 is 13.7 Å². The minimum Gasteiger partial charge on any atom is -0.396 e. The van der Waals surface area contributed by atoms with Crippen molar-refractivity contribution >= 4 is 27.3 Å². The molecule has 0 unspecified atom stereocenters. The quantitative estimate of drug-likeness (QED) is 0.506. The topological polar surface area (TPSA) is 82.0 Å². The van der Waals surface area contributed by atoms with Crippen LogP contribution in [0, 0.1) is 10.1 Å². The van der Waals surface area contributed by atoms with E-state index in [4.69, 9.17) is 5.73 Å². The molecule has 2 N–H and O–H groups in total. The molecule has 0 radical (unpaired) electrons. The zero-order chi connectivity index (χ0) is 10.9. The molecule has 8 heteroatoms. The monoisotopic (exact) mass is 267 g/mol. The fourth-order valence-corrected chi connectivity index (χ4v) is 1.12. The fraction of sp³-hybridized carbons (Fsp3) is 0.167. The van der Waals surface area contributed by atoms with Gasteiger partial charge in [-0.15, -0.1) is 0 Å². The van der Waals surface area contributed by atoms with Crippen LogP contribution in [0.2, 0.25) is 0 Å². The molecule has 0 aliphatic heterocycles. The molecule has 76 valence electrons. The average molecular weight is 268 g/mol. The van der Waals surface area contributed by atoms with Gasteiger partial charge < -0.3 is 5.73 Å². The summed E-state index contributed by atoms with van der Waals surface area (Å²) in [6.07, 6.45) is -3.01. The van der Waals surface area contributed by atoms with Gasteiger partial charge in [0.25, 0.3) is 12.1 Å². The first-order chi connectivity index (χ1) is 6.43. The van der Waals surface area contributed by atoms with Crippen molar-refractivity contribution in [3.05, 3.63) is 26.5 Å². The summed E-state index contributed by atoms with van der Waals surface area (Å²) < 4.78 is 24.5. The van der Waals surface area contributed by atoms with Crippen LogP contribution < -0.4 is 5.73 Å². The van der Waals surface area contributed by atoms with Crippen molar-refractivity contribution in [1.29, 1.82) is 0 Å². The van der Waals surface area contributed by atoms with E-state index >= 15 is 0 Å². The summed E-state index contributed by atoms with van der Waals surface area (Å²) in [6, 6.07) is 0.846. The summed E-state index contributed by atoms with van der Waals surface area (Å²) in [4.78, 5) is 12.7. The Labute approximate surface area is 85.2 Å². The Bertz CT molecular complexity index is 386. The van der Waals surface area contributed by atoms with Crippen molar-refractivity contribution in [3.63, 3.8) is 0 Å². The Balaban J connectivity index is 3.39. The third-order valence-electron chi connectivity index (χ3n) is 1.41. The van der Waals surface area contributed by atoms with E-state index in [1.807, 2.05) is 0 Å². The van der Waals surface area contributed by atoms with Gasteiger partial charge in [-0.05, 0) is 15.9 Å². The van der Waals surface area contributed by atoms with E-state index in [2.05, 4.69) is 20.9 Å². The fourth-order valence-electron chi connectivity index (χ4n) is 0.815. The van der Waals surface area contributed by atoms with Gasteiger partial charge >= 0.3 is 0 Å². The molecule has 0 spiro atoms. The zero-order valence-corrected chi connectivity index (χ0v) is 8.16. The second-order valence-corrected chi connectivity index (χ2v) is 3.08. The Kier molecular flexibility index (Phi) is 2.94.